The van der Waals surface area contributed by atoms with Gasteiger partial charge in [-0.15, -0.1) is 0 Å². The first kappa shape index (κ1) is 20.5. The van der Waals surface area contributed by atoms with E-state index >= 15 is 0 Å². The maximum absolute atomic E-state index is 13.9. The standard InChI is InChI=1S/C23H16F2O3S2/c24-17-7-5-15(6-8-17)22-20(12-29)19-11-18(25)9-10-21(19)28-23(22)16-3-1-14(2-4-16)13-30(26)27/h1-12,20H,13H2,(H,26,27)/p-1. The third-order valence-corrected chi connectivity index (χ3v) is 5.71. The molecule has 0 saturated heterocycles. The molecule has 7 heteroatoms. The molecule has 2 atom stereocenters. The Bertz CT molecular complexity index is 1160. The van der Waals surface area contributed by atoms with Gasteiger partial charge < -0.3 is 9.29 Å². The van der Waals surface area contributed by atoms with Crippen LogP contribution in [-0.2, 0) is 16.8 Å². The molecule has 4 rings (SSSR count). The summed E-state index contributed by atoms with van der Waals surface area (Å²) in [6, 6.07) is 17.1. The fourth-order valence-corrected chi connectivity index (χ4v) is 4.25. The maximum atomic E-state index is 13.9. The smallest absolute Gasteiger partial charge is 0.139 e. The molecule has 2 unspecified atom stereocenters. The minimum atomic E-state index is -2.19. The van der Waals surface area contributed by atoms with Gasteiger partial charge in [-0.3, -0.25) is 4.21 Å². The Morgan fingerprint density at radius 1 is 0.967 bits per heavy atom. The highest BCUT2D eigenvalue weighted by atomic mass is 32.2. The molecule has 0 aromatic heterocycles. The van der Waals surface area contributed by atoms with Crippen molar-refractivity contribution in [1.82, 2.24) is 0 Å². The number of rotatable bonds is 5. The second-order valence-electron chi connectivity index (χ2n) is 6.79. The van der Waals surface area contributed by atoms with Crippen LogP contribution in [0.1, 0.15) is 28.2 Å². The van der Waals surface area contributed by atoms with Crippen LogP contribution >= 0.6 is 12.2 Å². The van der Waals surface area contributed by atoms with Crippen LogP contribution in [0.4, 0.5) is 8.78 Å². The maximum Gasteiger partial charge on any atom is 0.139 e. The molecule has 0 bridgehead atoms. The fourth-order valence-electron chi connectivity index (χ4n) is 3.50. The summed E-state index contributed by atoms with van der Waals surface area (Å²) in [6.07, 6.45) is 0. The minimum Gasteiger partial charge on any atom is -0.772 e. The van der Waals surface area contributed by atoms with Crippen molar-refractivity contribution < 1.29 is 22.3 Å². The first-order chi connectivity index (χ1) is 14.5. The van der Waals surface area contributed by atoms with Crippen LogP contribution in [0.3, 0.4) is 0 Å². The molecule has 1 aliphatic rings. The fraction of sp³-hybridized carbons (Fsp3) is 0.0870. The molecule has 3 aromatic rings. The molecule has 30 heavy (non-hydrogen) atoms. The molecular formula is C23H15F2O3S2-. The van der Waals surface area contributed by atoms with Gasteiger partial charge >= 0.3 is 0 Å². The van der Waals surface area contributed by atoms with Crippen LogP contribution in [0.5, 0.6) is 5.75 Å². The van der Waals surface area contributed by atoms with Gasteiger partial charge in [-0.1, -0.05) is 59.7 Å². The molecule has 0 amide bonds. The van der Waals surface area contributed by atoms with E-state index in [1.807, 2.05) is 0 Å². The number of ether oxygens (including phenoxy) is 1. The Morgan fingerprint density at radius 2 is 1.60 bits per heavy atom. The zero-order valence-corrected chi connectivity index (χ0v) is 17.1. The van der Waals surface area contributed by atoms with Crippen LogP contribution < -0.4 is 4.74 Å². The first-order valence-corrected chi connectivity index (χ1v) is 10.8. The molecule has 0 N–H and O–H groups in total. The van der Waals surface area contributed by atoms with Crippen molar-refractivity contribution >= 4 is 40.0 Å². The second-order valence-corrected chi connectivity index (χ2v) is 7.96. The van der Waals surface area contributed by atoms with Crippen molar-refractivity contribution in [2.75, 3.05) is 0 Å². The first-order valence-electron chi connectivity index (χ1n) is 9.04. The van der Waals surface area contributed by atoms with Gasteiger partial charge in [0, 0.05) is 28.4 Å². The van der Waals surface area contributed by atoms with Gasteiger partial charge in [0.25, 0.3) is 0 Å². The molecule has 0 radical (unpaired) electrons. The van der Waals surface area contributed by atoms with Crippen LogP contribution in [0.25, 0.3) is 11.3 Å². The highest BCUT2D eigenvalue weighted by Gasteiger charge is 2.30. The van der Waals surface area contributed by atoms with Crippen molar-refractivity contribution in [3.8, 4) is 5.75 Å². The van der Waals surface area contributed by atoms with E-state index < -0.39 is 22.8 Å². The van der Waals surface area contributed by atoms with Crippen molar-refractivity contribution in [3.63, 3.8) is 0 Å². The average molecular weight is 442 g/mol. The highest BCUT2D eigenvalue weighted by Crippen LogP contribution is 2.46. The summed E-state index contributed by atoms with van der Waals surface area (Å²) in [5.41, 5.74) is 3.30. The van der Waals surface area contributed by atoms with E-state index in [9.17, 15) is 17.5 Å². The average Bonchev–Trinajstić information content (AvgIpc) is 2.73. The van der Waals surface area contributed by atoms with Gasteiger partial charge in [0.05, 0.1) is 0 Å². The predicted octanol–water partition coefficient (Wildman–Crippen LogP) is 5.39. The van der Waals surface area contributed by atoms with E-state index in [1.165, 1.54) is 29.6 Å². The third-order valence-electron chi connectivity index (χ3n) is 4.87. The summed E-state index contributed by atoms with van der Waals surface area (Å²) < 4.78 is 55.5. The van der Waals surface area contributed by atoms with Gasteiger partial charge in [-0.2, -0.15) is 0 Å². The van der Waals surface area contributed by atoms with E-state index in [0.717, 1.165) is 0 Å². The highest BCUT2D eigenvalue weighted by molar-refractivity contribution is 7.79. The van der Waals surface area contributed by atoms with Gasteiger partial charge in [0.2, 0.25) is 0 Å². The predicted molar refractivity (Wildman–Crippen MR) is 116 cm³/mol. The number of hydrogen-bond donors (Lipinski definition) is 0. The normalized spacial score (nSPS) is 16.6. The van der Waals surface area contributed by atoms with Crippen molar-refractivity contribution in [2.45, 2.75) is 11.7 Å². The second kappa shape index (κ2) is 8.55. The number of allylic oxidation sites excluding steroid dienone is 1. The number of hydrogen-bond acceptors (Lipinski definition) is 4. The molecule has 0 saturated carbocycles. The summed E-state index contributed by atoms with van der Waals surface area (Å²) in [5.74, 6) is -0.340. The van der Waals surface area contributed by atoms with Gasteiger partial charge in [0.15, 0.2) is 0 Å². The largest absolute Gasteiger partial charge is 0.772 e. The monoisotopic (exact) mass is 441 g/mol. The quantitative estimate of drug-likeness (QED) is 0.394. The zero-order valence-electron chi connectivity index (χ0n) is 15.5. The van der Waals surface area contributed by atoms with E-state index in [1.54, 1.807) is 42.5 Å². The summed E-state index contributed by atoms with van der Waals surface area (Å²) in [6.45, 7) is 0. The molecule has 0 fully saturated rings. The third kappa shape index (κ3) is 4.09. The van der Waals surface area contributed by atoms with Crippen LogP contribution in [-0.4, -0.2) is 14.1 Å². The van der Waals surface area contributed by atoms with Crippen molar-refractivity contribution in [3.05, 3.63) is 101 Å². The lowest BCUT2D eigenvalue weighted by molar-refractivity contribution is 0.496. The minimum absolute atomic E-state index is 0.0876. The summed E-state index contributed by atoms with van der Waals surface area (Å²) in [5, 5.41) is 1.54. The van der Waals surface area contributed by atoms with E-state index in [2.05, 4.69) is 0 Å². The summed E-state index contributed by atoms with van der Waals surface area (Å²) >= 11 is 3.10. The van der Waals surface area contributed by atoms with E-state index in [-0.39, 0.29) is 11.6 Å². The molecule has 1 heterocycles. The van der Waals surface area contributed by atoms with Crippen molar-refractivity contribution in [1.29, 1.82) is 0 Å². The van der Waals surface area contributed by atoms with Gasteiger partial charge in [-0.25, -0.2) is 8.78 Å². The van der Waals surface area contributed by atoms with Crippen LogP contribution in [0.15, 0.2) is 66.7 Å². The van der Waals surface area contributed by atoms with Crippen LogP contribution in [0, 0.1) is 11.6 Å². The number of thiocarbonyl (C=S) groups is 1. The molecule has 1 aliphatic heterocycles. The molecule has 0 spiro atoms. The van der Waals surface area contributed by atoms with Gasteiger partial charge in [-0.05, 0) is 46.8 Å². The number of halogens is 2. The lowest BCUT2D eigenvalue weighted by Crippen LogP contribution is -2.15. The summed E-state index contributed by atoms with van der Waals surface area (Å²) in [4.78, 5) is 0. The van der Waals surface area contributed by atoms with Crippen LogP contribution in [0.2, 0.25) is 0 Å². The molecule has 152 valence electrons. The van der Waals surface area contributed by atoms with Gasteiger partial charge in [0.1, 0.15) is 23.1 Å². The van der Waals surface area contributed by atoms with E-state index in [0.29, 0.717) is 39.3 Å². The number of benzene rings is 3. The number of fused-ring (bicyclic) bond motifs is 1. The lowest BCUT2D eigenvalue weighted by atomic mass is 9.83. The Balaban J connectivity index is 1.90. The molecule has 3 aromatic carbocycles. The SMILES string of the molecule is O=S([O-])Cc1ccc(C2=C(c3ccc(F)cc3)C(C=S)c3cc(F)ccc3O2)cc1. The Kier molecular flexibility index (Phi) is 5.85. The van der Waals surface area contributed by atoms with E-state index in [4.69, 9.17) is 17.0 Å². The Hall–Kier alpha value is -2.74. The lowest BCUT2D eigenvalue weighted by Gasteiger charge is -2.29. The Labute approximate surface area is 180 Å². The molecular weight excluding hydrogens is 426 g/mol. The van der Waals surface area contributed by atoms with Crippen molar-refractivity contribution in [2.24, 2.45) is 0 Å². The molecule has 3 nitrogen and oxygen atoms in total. The molecule has 0 aliphatic carbocycles. The Morgan fingerprint density at radius 3 is 2.23 bits per heavy atom. The topological polar surface area (TPSA) is 49.4 Å². The zero-order chi connectivity index (χ0) is 21.3. The summed E-state index contributed by atoms with van der Waals surface area (Å²) in [7, 11) is 0.